The molecule has 1 unspecified atom stereocenters. The summed E-state index contributed by atoms with van der Waals surface area (Å²) >= 11 is 6.16. The van der Waals surface area contributed by atoms with Gasteiger partial charge in [0, 0.05) is 29.4 Å². The molecule has 2 N–H and O–H groups in total. The third-order valence-corrected chi connectivity index (χ3v) is 4.47. The number of nitrogens with zero attached hydrogens (tertiary/aromatic N) is 2. The number of pyridine rings is 1. The molecule has 122 valence electrons. The third kappa shape index (κ3) is 2.25. The fourth-order valence-electron chi connectivity index (χ4n) is 2.82. The molecule has 1 aliphatic rings. The number of aryl methyl sites for hydroxylation is 1. The standard InChI is InChI=1S/C17H13ClFN3O2/c1-8-6-12-15(17(23)22(8)2)13(9(7-20)16(21)24-12)14-10(18)4-3-5-11(14)19/h3-6,13H,21H2,1-2H3. The van der Waals surface area contributed by atoms with Gasteiger partial charge in [0.1, 0.15) is 23.2 Å². The van der Waals surface area contributed by atoms with Crippen molar-refractivity contribution in [2.45, 2.75) is 12.8 Å². The van der Waals surface area contributed by atoms with Crippen molar-refractivity contribution >= 4 is 11.6 Å². The van der Waals surface area contributed by atoms with E-state index in [2.05, 4.69) is 0 Å². The highest BCUT2D eigenvalue weighted by Crippen LogP contribution is 2.43. The number of halogens is 2. The van der Waals surface area contributed by atoms with E-state index in [4.69, 9.17) is 22.1 Å². The zero-order chi connectivity index (χ0) is 17.6. The van der Waals surface area contributed by atoms with E-state index < -0.39 is 17.3 Å². The molecule has 0 radical (unpaired) electrons. The van der Waals surface area contributed by atoms with Crippen LogP contribution in [-0.2, 0) is 7.05 Å². The molecule has 0 saturated carbocycles. The van der Waals surface area contributed by atoms with E-state index in [0.717, 1.165) is 0 Å². The average Bonchev–Trinajstić information content (AvgIpc) is 2.52. The molecule has 0 saturated heterocycles. The van der Waals surface area contributed by atoms with Gasteiger partial charge in [-0.15, -0.1) is 0 Å². The summed E-state index contributed by atoms with van der Waals surface area (Å²) in [6.45, 7) is 1.73. The summed E-state index contributed by atoms with van der Waals surface area (Å²) < 4.78 is 21.3. The third-order valence-electron chi connectivity index (χ3n) is 4.14. The van der Waals surface area contributed by atoms with Gasteiger partial charge in [-0.05, 0) is 19.1 Å². The molecule has 0 fully saturated rings. The molecule has 1 aliphatic heterocycles. The molecule has 24 heavy (non-hydrogen) atoms. The van der Waals surface area contributed by atoms with E-state index >= 15 is 0 Å². The smallest absolute Gasteiger partial charge is 0.258 e. The van der Waals surface area contributed by atoms with Gasteiger partial charge in [0.2, 0.25) is 5.88 Å². The van der Waals surface area contributed by atoms with Gasteiger partial charge < -0.3 is 15.0 Å². The number of nitrogens with two attached hydrogens (primary N) is 1. The van der Waals surface area contributed by atoms with Crippen molar-refractivity contribution in [3.63, 3.8) is 0 Å². The number of fused-ring (bicyclic) bond motifs is 1. The Morgan fingerprint density at radius 3 is 2.75 bits per heavy atom. The van der Waals surface area contributed by atoms with Crippen LogP contribution in [0.3, 0.4) is 0 Å². The van der Waals surface area contributed by atoms with E-state index in [0.29, 0.717) is 5.69 Å². The molecule has 0 aliphatic carbocycles. The second-order valence-corrected chi connectivity index (χ2v) is 5.90. The van der Waals surface area contributed by atoms with Crippen LogP contribution in [0.1, 0.15) is 22.7 Å². The largest absolute Gasteiger partial charge is 0.440 e. The van der Waals surface area contributed by atoms with Crippen LogP contribution in [0.25, 0.3) is 0 Å². The quantitative estimate of drug-likeness (QED) is 0.861. The van der Waals surface area contributed by atoms with Crippen LogP contribution in [0.15, 0.2) is 40.5 Å². The lowest BCUT2D eigenvalue weighted by Crippen LogP contribution is -2.32. The SMILES string of the molecule is Cc1cc2c(c(=O)n1C)C(c1c(F)cccc1Cl)C(C#N)=C(N)O2. The van der Waals surface area contributed by atoms with Gasteiger partial charge in [0.25, 0.3) is 5.56 Å². The van der Waals surface area contributed by atoms with Crippen molar-refractivity contribution in [3.8, 4) is 11.8 Å². The highest BCUT2D eigenvalue weighted by molar-refractivity contribution is 6.31. The second kappa shape index (κ2) is 5.69. The summed E-state index contributed by atoms with van der Waals surface area (Å²) in [4.78, 5) is 12.8. The molecular formula is C17H13ClFN3O2. The van der Waals surface area contributed by atoms with Crippen LogP contribution in [-0.4, -0.2) is 4.57 Å². The molecule has 0 spiro atoms. The van der Waals surface area contributed by atoms with Crippen molar-refractivity contribution in [2.75, 3.05) is 0 Å². The summed E-state index contributed by atoms with van der Waals surface area (Å²) in [7, 11) is 1.59. The maximum Gasteiger partial charge on any atom is 0.258 e. The minimum absolute atomic E-state index is 0.0316. The van der Waals surface area contributed by atoms with Gasteiger partial charge in [0.15, 0.2) is 0 Å². The predicted molar refractivity (Wildman–Crippen MR) is 87.1 cm³/mol. The first kappa shape index (κ1) is 16.1. The van der Waals surface area contributed by atoms with Crippen LogP contribution in [0.4, 0.5) is 4.39 Å². The molecular weight excluding hydrogens is 333 g/mol. The Morgan fingerprint density at radius 1 is 1.42 bits per heavy atom. The highest BCUT2D eigenvalue weighted by atomic mass is 35.5. The zero-order valence-corrected chi connectivity index (χ0v) is 13.7. The number of allylic oxidation sites excluding steroid dienone is 1. The molecule has 0 bridgehead atoms. The molecule has 7 heteroatoms. The maximum atomic E-state index is 14.5. The molecule has 5 nitrogen and oxygen atoms in total. The first-order chi connectivity index (χ1) is 11.4. The Bertz CT molecular complexity index is 968. The Kier molecular flexibility index (Phi) is 3.82. The molecule has 2 aromatic rings. The molecule has 2 heterocycles. The summed E-state index contributed by atoms with van der Waals surface area (Å²) in [5.41, 5.74) is 6.21. The number of ether oxygens (including phenoxy) is 1. The van der Waals surface area contributed by atoms with Crippen LogP contribution in [0.2, 0.25) is 5.02 Å². The topological polar surface area (TPSA) is 81.0 Å². The van der Waals surface area contributed by atoms with Crippen molar-refractivity contribution in [3.05, 3.63) is 73.7 Å². The van der Waals surface area contributed by atoms with Crippen molar-refractivity contribution in [1.82, 2.24) is 4.57 Å². The Labute approximate surface area is 142 Å². The molecule has 3 rings (SSSR count). The van der Waals surface area contributed by atoms with Gasteiger partial charge in [-0.25, -0.2) is 4.39 Å². The van der Waals surface area contributed by atoms with Gasteiger partial charge >= 0.3 is 0 Å². The molecule has 0 amide bonds. The predicted octanol–water partition coefficient (Wildman–Crippen LogP) is 2.70. The molecule has 1 aromatic carbocycles. The van der Waals surface area contributed by atoms with Crippen molar-refractivity contribution in [1.29, 1.82) is 5.26 Å². The van der Waals surface area contributed by atoms with Crippen LogP contribution in [0, 0.1) is 24.1 Å². The molecule has 1 aromatic heterocycles. The lowest BCUT2D eigenvalue weighted by molar-refractivity contribution is 0.388. The van der Waals surface area contributed by atoms with E-state index in [9.17, 15) is 14.4 Å². The van der Waals surface area contributed by atoms with Gasteiger partial charge in [-0.3, -0.25) is 4.79 Å². The van der Waals surface area contributed by atoms with Gasteiger partial charge in [-0.2, -0.15) is 5.26 Å². The van der Waals surface area contributed by atoms with Crippen molar-refractivity contribution in [2.24, 2.45) is 12.8 Å². The monoisotopic (exact) mass is 345 g/mol. The minimum atomic E-state index is -1.02. The summed E-state index contributed by atoms with van der Waals surface area (Å²) in [5, 5.41) is 9.58. The summed E-state index contributed by atoms with van der Waals surface area (Å²) in [6.07, 6.45) is 0. The average molecular weight is 346 g/mol. The van der Waals surface area contributed by atoms with Crippen LogP contribution in [0.5, 0.6) is 5.75 Å². The summed E-state index contributed by atoms with van der Waals surface area (Å²) in [5.74, 6) is -1.60. The zero-order valence-electron chi connectivity index (χ0n) is 12.9. The first-order valence-electron chi connectivity index (χ1n) is 7.08. The van der Waals surface area contributed by atoms with E-state index in [-0.39, 0.29) is 33.4 Å². The highest BCUT2D eigenvalue weighted by Gasteiger charge is 2.36. The normalized spacial score (nSPS) is 16.4. The Balaban J connectivity index is 2.43. The van der Waals surface area contributed by atoms with Crippen molar-refractivity contribution < 1.29 is 9.13 Å². The maximum absolute atomic E-state index is 14.5. The van der Waals surface area contributed by atoms with E-state index in [1.54, 1.807) is 20.0 Å². The van der Waals surface area contributed by atoms with Crippen LogP contribution < -0.4 is 16.0 Å². The fourth-order valence-corrected chi connectivity index (χ4v) is 3.09. The second-order valence-electron chi connectivity index (χ2n) is 5.49. The summed E-state index contributed by atoms with van der Waals surface area (Å²) in [6, 6.07) is 7.71. The van der Waals surface area contributed by atoms with E-state index in [1.807, 2.05) is 6.07 Å². The molecule has 1 atom stereocenters. The number of aromatic nitrogens is 1. The van der Waals surface area contributed by atoms with Crippen LogP contribution >= 0.6 is 11.6 Å². The number of hydrogen-bond acceptors (Lipinski definition) is 4. The van der Waals surface area contributed by atoms with E-state index in [1.165, 1.54) is 22.8 Å². The first-order valence-corrected chi connectivity index (χ1v) is 7.46. The number of hydrogen-bond donors (Lipinski definition) is 1. The van der Waals surface area contributed by atoms with Gasteiger partial charge in [0.05, 0.1) is 11.5 Å². The fraction of sp³-hybridized carbons (Fsp3) is 0.176. The number of benzene rings is 1. The lowest BCUT2D eigenvalue weighted by Gasteiger charge is -2.27. The Hall–Kier alpha value is -2.78. The Morgan fingerprint density at radius 2 is 2.12 bits per heavy atom. The number of rotatable bonds is 1. The minimum Gasteiger partial charge on any atom is -0.440 e. The van der Waals surface area contributed by atoms with Gasteiger partial charge in [-0.1, -0.05) is 17.7 Å². The lowest BCUT2D eigenvalue weighted by atomic mass is 9.83. The number of nitriles is 1.